The van der Waals surface area contributed by atoms with Crippen LogP contribution in [-0.4, -0.2) is 31.4 Å². The van der Waals surface area contributed by atoms with Gasteiger partial charge in [0.25, 0.3) is 0 Å². The normalized spacial score (nSPS) is 12.0. The van der Waals surface area contributed by atoms with E-state index < -0.39 is 6.10 Å². The molecule has 0 bridgehead atoms. The zero-order chi connectivity index (χ0) is 24.8. The Morgan fingerprint density at radius 2 is 1.86 bits per heavy atom. The Morgan fingerprint density at radius 1 is 1.11 bits per heavy atom. The number of carbonyl (C=O) groups is 1. The number of hydrogen-bond acceptors (Lipinski definition) is 7. The first-order valence-electron chi connectivity index (χ1n) is 11.2. The number of thiazole rings is 1. The highest BCUT2D eigenvalue weighted by Gasteiger charge is 2.21. The number of rotatable bonds is 10. The maximum absolute atomic E-state index is 13.2. The van der Waals surface area contributed by atoms with Crippen LogP contribution >= 0.6 is 23.1 Å². The van der Waals surface area contributed by atoms with Crippen LogP contribution in [0.25, 0.3) is 11.3 Å². The molecule has 4 rings (SSSR count). The van der Waals surface area contributed by atoms with Gasteiger partial charge in [-0.15, -0.1) is 21.5 Å². The first-order chi connectivity index (χ1) is 16.9. The van der Waals surface area contributed by atoms with E-state index in [1.807, 2.05) is 47.2 Å². The molecule has 0 radical (unpaired) electrons. The molecule has 1 atom stereocenters. The van der Waals surface area contributed by atoms with E-state index in [0.717, 1.165) is 11.3 Å². The van der Waals surface area contributed by atoms with Gasteiger partial charge in [-0.2, -0.15) is 0 Å². The highest BCUT2D eigenvalue weighted by molar-refractivity contribution is 7.99. The van der Waals surface area contributed by atoms with Gasteiger partial charge in [0.2, 0.25) is 5.91 Å². The number of halogens is 1. The van der Waals surface area contributed by atoms with Crippen molar-refractivity contribution >= 4 is 34.1 Å². The van der Waals surface area contributed by atoms with Gasteiger partial charge in [0.1, 0.15) is 11.6 Å². The number of nitrogens with one attached hydrogen (secondary N) is 1. The van der Waals surface area contributed by atoms with Crippen LogP contribution in [0.15, 0.2) is 65.1 Å². The van der Waals surface area contributed by atoms with Crippen molar-refractivity contribution in [3.8, 4) is 17.0 Å². The van der Waals surface area contributed by atoms with Gasteiger partial charge in [-0.05, 0) is 37.1 Å². The van der Waals surface area contributed by atoms with Gasteiger partial charge in [-0.1, -0.05) is 55.9 Å². The molecule has 35 heavy (non-hydrogen) atoms. The fourth-order valence-electron chi connectivity index (χ4n) is 3.37. The second-order valence-corrected chi connectivity index (χ2v) is 10.1. The number of nitrogens with zero attached hydrogens (tertiary/aromatic N) is 4. The van der Waals surface area contributed by atoms with Crippen LogP contribution in [0, 0.1) is 11.7 Å². The number of amides is 1. The monoisotopic (exact) mass is 511 g/mol. The molecule has 1 unspecified atom stereocenters. The van der Waals surface area contributed by atoms with Gasteiger partial charge < -0.3 is 14.6 Å². The van der Waals surface area contributed by atoms with E-state index in [-0.39, 0.29) is 17.5 Å². The molecule has 0 aliphatic heterocycles. The largest absolute Gasteiger partial charge is 0.483 e. The highest BCUT2D eigenvalue weighted by Crippen LogP contribution is 2.27. The summed E-state index contributed by atoms with van der Waals surface area (Å²) < 4.78 is 21.1. The predicted octanol–water partition coefficient (Wildman–Crippen LogP) is 6.07. The number of aromatic nitrogens is 4. The number of thioether (sulfide) groups is 1. The Kier molecular flexibility index (Phi) is 8.14. The van der Waals surface area contributed by atoms with E-state index in [0.29, 0.717) is 34.3 Å². The third-order valence-corrected chi connectivity index (χ3v) is 6.66. The second kappa shape index (κ2) is 11.5. The molecule has 0 aliphatic carbocycles. The topological polar surface area (TPSA) is 81.9 Å². The van der Waals surface area contributed by atoms with Crippen molar-refractivity contribution in [3.05, 3.63) is 71.6 Å². The number of anilines is 1. The zero-order valence-electron chi connectivity index (χ0n) is 19.6. The average Bonchev–Trinajstić information content (AvgIpc) is 3.46. The first kappa shape index (κ1) is 24.9. The maximum Gasteiger partial charge on any atom is 0.236 e. The van der Waals surface area contributed by atoms with Crippen LogP contribution in [0.5, 0.6) is 5.75 Å². The van der Waals surface area contributed by atoms with E-state index in [9.17, 15) is 9.18 Å². The summed E-state index contributed by atoms with van der Waals surface area (Å²) in [6.07, 6.45) is -0.401. The molecule has 7 nitrogen and oxygen atoms in total. The average molecular weight is 512 g/mol. The van der Waals surface area contributed by atoms with Crippen LogP contribution in [0.4, 0.5) is 9.52 Å². The first-order valence-corrected chi connectivity index (χ1v) is 13.0. The van der Waals surface area contributed by atoms with Gasteiger partial charge in [-0.3, -0.25) is 4.79 Å². The van der Waals surface area contributed by atoms with Gasteiger partial charge in [0.15, 0.2) is 22.2 Å². The summed E-state index contributed by atoms with van der Waals surface area (Å²) >= 11 is 2.71. The van der Waals surface area contributed by atoms with Crippen molar-refractivity contribution in [2.24, 2.45) is 5.92 Å². The maximum atomic E-state index is 13.2. The minimum Gasteiger partial charge on any atom is -0.483 e. The molecular weight excluding hydrogens is 485 g/mol. The molecule has 182 valence electrons. The SMILES string of the molecule is CC(C)Cn1c(SCC(=O)Nc2nc(-c3ccccc3)cs2)nnc1C(C)Oc1ccc(F)cc1. The molecule has 2 heterocycles. The van der Waals surface area contributed by atoms with E-state index in [2.05, 4.69) is 34.3 Å². The number of benzene rings is 2. The molecule has 10 heteroatoms. The third-order valence-electron chi connectivity index (χ3n) is 4.94. The van der Waals surface area contributed by atoms with Crippen LogP contribution < -0.4 is 10.1 Å². The highest BCUT2D eigenvalue weighted by atomic mass is 32.2. The smallest absolute Gasteiger partial charge is 0.236 e. The molecule has 4 aromatic rings. The third kappa shape index (κ3) is 6.67. The number of carbonyl (C=O) groups excluding carboxylic acids is 1. The van der Waals surface area contributed by atoms with Crippen molar-refractivity contribution in [1.82, 2.24) is 19.7 Å². The molecule has 0 aliphatic rings. The molecule has 0 spiro atoms. The minimum absolute atomic E-state index is 0.166. The van der Waals surface area contributed by atoms with E-state index in [4.69, 9.17) is 4.74 Å². The summed E-state index contributed by atoms with van der Waals surface area (Å²) in [4.78, 5) is 17.1. The molecule has 1 N–H and O–H groups in total. The quantitative estimate of drug-likeness (QED) is 0.260. The molecule has 0 saturated carbocycles. The van der Waals surface area contributed by atoms with E-state index in [1.54, 1.807) is 12.1 Å². The van der Waals surface area contributed by atoms with E-state index >= 15 is 0 Å². The van der Waals surface area contributed by atoms with Gasteiger partial charge >= 0.3 is 0 Å². The van der Waals surface area contributed by atoms with Crippen LogP contribution in [0.1, 0.15) is 32.7 Å². The second-order valence-electron chi connectivity index (χ2n) is 8.30. The van der Waals surface area contributed by atoms with Crippen molar-refractivity contribution < 1.29 is 13.9 Å². The summed E-state index contributed by atoms with van der Waals surface area (Å²) in [6.45, 7) is 6.75. The molecule has 1 amide bonds. The molecular formula is C25H26FN5O2S2. The van der Waals surface area contributed by atoms with Gasteiger partial charge in [0, 0.05) is 17.5 Å². The summed E-state index contributed by atoms with van der Waals surface area (Å²) in [5.74, 6) is 1.22. The van der Waals surface area contributed by atoms with Gasteiger partial charge in [0.05, 0.1) is 11.4 Å². The van der Waals surface area contributed by atoms with Crippen molar-refractivity contribution in [2.75, 3.05) is 11.1 Å². The molecule has 0 fully saturated rings. The molecule has 2 aromatic carbocycles. The Labute approximate surface area is 211 Å². The van der Waals surface area contributed by atoms with Crippen LogP contribution in [0.3, 0.4) is 0 Å². The van der Waals surface area contributed by atoms with Crippen molar-refractivity contribution in [2.45, 2.75) is 38.6 Å². The standard InChI is InChI=1S/C25H26FN5O2S2/c1-16(2)13-31-23(17(3)33-20-11-9-19(26)10-12-20)29-30-25(31)35-15-22(32)28-24-27-21(14-34-24)18-7-5-4-6-8-18/h4-12,14,16-17H,13,15H2,1-3H3,(H,27,28,32). The van der Waals surface area contributed by atoms with Crippen LogP contribution in [0.2, 0.25) is 0 Å². The van der Waals surface area contributed by atoms with E-state index in [1.165, 1.54) is 35.2 Å². The van der Waals surface area contributed by atoms with Crippen LogP contribution in [-0.2, 0) is 11.3 Å². The summed E-state index contributed by atoms with van der Waals surface area (Å²) in [6, 6.07) is 15.7. The Balaban J connectivity index is 1.40. The summed E-state index contributed by atoms with van der Waals surface area (Å²) in [7, 11) is 0. The lowest BCUT2D eigenvalue weighted by Gasteiger charge is -2.17. The van der Waals surface area contributed by atoms with Crippen molar-refractivity contribution in [3.63, 3.8) is 0 Å². The lowest BCUT2D eigenvalue weighted by atomic mass is 10.2. The number of ether oxygens (including phenoxy) is 1. The fraction of sp³-hybridized carbons (Fsp3) is 0.280. The van der Waals surface area contributed by atoms with Crippen molar-refractivity contribution in [1.29, 1.82) is 0 Å². The lowest BCUT2D eigenvalue weighted by Crippen LogP contribution is -2.17. The lowest BCUT2D eigenvalue weighted by molar-refractivity contribution is -0.113. The fourth-order valence-corrected chi connectivity index (χ4v) is 4.86. The Hall–Kier alpha value is -3.24. The van der Waals surface area contributed by atoms with Gasteiger partial charge in [-0.25, -0.2) is 9.37 Å². The predicted molar refractivity (Wildman–Crippen MR) is 137 cm³/mol. The number of hydrogen-bond donors (Lipinski definition) is 1. The zero-order valence-corrected chi connectivity index (χ0v) is 21.3. The Morgan fingerprint density at radius 3 is 2.57 bits per heavy atom. The molecule has 0 saturated heterocycles. The minimum atomic E-state index is -0.401. The summed E-state index contributed by atoms with van der Waals surface area (Å²) in [5.41, 5.74) is 1.83. The Bertz CT molecular complexity index is 1260. The summed E-state index contributed by atoms with van der Waals surface area (Å²) in [5, 5.41) is 14.6. The molecule has 2 aromatic heterocycles.